The Balaban J connectivity index is 1.56. The smallest absolute Gasteiger partial charge is 0.269 e. The van der Waals surface area contributed by atoms with Gasteiger partial charge in [-0.1, -0.05) is 54.6 Å². The molecule has 0 N–H and O–H groups in total. The van der Waals surface area contributed by atoms with E-state index in [1.54, 1.807) is 42.5 Å². The minimum atomic E-state index is -1.73. The molecule has 2 aliphatic heterocycles. The summed E-state index contributed by atoms with van der Waals surface area (Å²) in [4.78, 5) is 57.2. The molecule has 0 radical (unpaired) electrons. The lowest BCUT2D eigenvalue weighted by Crippen LogP contribution is -2.48. The highest BCUT2D eigenvalue weighted by Gasteiger charge is 2.72. The molecule has 0 amide bonds. The van der Waals surface area contributed by atoms with Crippen LogP contribution in [-0.4, -0.2) is 48.6 Å². The van der Waals surface area contributed by atoms with Crippen LogP contribution in [0.15, 0.2) is 97.1 Å². The number of anilines is 1. The highest BCUT2D eigenvalue weighted by molar-refractivity contribution is 6.32. The number of ether oxygens (including phenoxy) is 2. The van der Waals surface area contributed by atoms with Crippen molar-refractivity contribution in [1.29, 1.82) is 0 Å². The van der Waals surface area contributed by atoms with Crippen molar-refractivity contribution < 1.29 is 28.8 Å². The number of Topliss-reactive ketones (excluding diaryl/α,β-unsaturated/α-hetero) is 3. The molecule has 1 spiro atoms. The Kier molecular flexibility index (Phi) is 6.21. The summed E-state index contributed by atoms with van der Waals surface area (Å²) >= 11 is 0. The summed E-state index contributed by atoms with van der Waals surface area (Å²) < 4.78 is 11.4. The van der Waals surface area contributed by atoms with Gasteiger partial charge >= 0.3 is 0 Å². The summed E-state index contributed by atoms with van der Waals surface area (Å²) in [5, 5.41) is 11.4. The Morgan fingerprint density at radius 3 is 2.16 bits per heavy atom. The van der Waals surface area contributed by atoms with E-state index in [1.165, 1.54) is 38.5 Å². The molecule has 0 unspecified atom stereocenters. The highest BCUT2D eigenvalue weighted by atomic mass is 16.6. The summed E-state index contributed by atoms with van der Waals surface area (Å²) in [5.41, 5.74) is 0.937. The minimum absolute atomic E-state index is 0.156. The van der Waals surface area contributed by atoms with E-state index in [0.717, 1.165) is 5.56 Å². The third kappa shape index (κ3) is 3.62. The number of non-ortho nitro benzene ring substituents is 1. The van der Waals surface area contributed by atoms with Crippen LogP contribution < -0.4 is 14.4 Å². The van der Waals surface area contributed by atoms with Gasteiger partial charge in [0.25, 0.3) is 5.69 Å². The van der Waals surface area contributed by atoms with Crippen molar-refractivity contribution in [2.45, 2.75) is 18.0 Å². The molecule has 4 aromatic rings. The molecule has 1 saturated heterocycles. The summed E-state index contributed by atoms with van der Waals surface area (Å²) in [5.74, 6) is -1.29. The van der Waals surface area contributed by atoms with Crippen LogP contribution in [0.1, 0.15) is 48.1 Å². The van der Waals surface area contributed by atoms with Crippen LogP contribution in [0.5, 0.6) is 11.5 Å². The van der Waals surface area contributed by atoms with Gasteiger partial charge in [0.15, 0.2) is 17.3 Å². The maximum absolute atomic E-state index is 14.8. The van der Waals surface area contributed by atoms with E-state index in [4.69, 9.17) is 9.47 Å². The van der Waals surface area contributed by atoms with Crippen LogP contribution in [-0.2, 0) is 0 Å². The predicted octanol–water partition coefficient (Wildman–Crippen LogP) is 5.93. The van der Waals surface area contributed by atoms with E-state index < -0.39 is 34.1 Å². The number of hydrogen-bond acceptors (Lipinski definition) is 8. The van der Waals surface area contributed by atoms with Crippen molar-refractivity contribution in [2.75, 3.05) is 19.1 Å². The Bertz CT molecular complexity index is 1880. The zero-order chi connectivity index (χ0) is 30.7. The Morgan fingerprint density at radius 1 is 0.864 bits per heavy atom. The molecule has 4 aromatic carbocycles. The fourth-order valence-corrected chi connectivity index (χ4v) is 7.26. The third-order valence-corrected chi connectivity index (χ3v) is 9.12. The lowest BCUT2D eigenvalue weighted by Gasteiger charge is -2.37. The average molecular weight is 587 g/mol. The molecule has 1 aliphatic carbocycles. The zero-order valence-electron chi connectivity index (χ0n) is 23.8. The van der Waals surface area contributed by atoms with Crippen molar-refractivity contribution in [3.63, 3.8) is 0 Å². The summed E-state index contributed by atoms with van der Waals surface area (Å²) in [6.07, 6.45) is 3.73. The van der Waals surface area contributed by atoms with Crippen molar-refractivity contribution in [3.8, 4) is 11.5 Å². The maximum Gasteiger partial charge on any atom is 0.269 e. The maximum atomic E-state index is 14.8. The molecule has 218 valence electrons. The van der Waals surface area contributed by atoms with Crippen LogP contribution in [0.4, 0.5) is 11.4 Å². The quantitative estimate of drug-likeness (QED) is 0.118. The number of ketones is 3. The molecule has 3 aliphatic rings. The number of nitro groups is 1. The molecule has 0 aromatic heterocycles. The number of fused-ring (bicyclic) bond motifs is 5. The van der Waals surface area contributed by atoms with Gasteiger partial charge in [-0.2, -0.15) is 0 Å². The van der Waals surface area contributed by atoms with Crippen LogP contribution >= 0.6 is 0 Å². The molecule has 9 nitrogen and oxygen atoms in total. The van der Waals surface area contributed by atoms with Crippen LogP contribution in [0, 0.1) is 15.5 Å². The van der Waals surface area contributed by atoms with E-state index in [1.807, 2.05) is 41.3 Å². The Labute approximate surface area is 252 Å². The highest BCUT2D eigenvalue weighted by Crippen LogP contribution is 2.62. The molecule has 44 heavy (non-hydrogen) atoms. The normalized spacial score (nSPS) is 20.7. The topological polar surface area (TPSA) is 116 Å². The summed E-state index contributed by atoms with van der Waals surface area (Å²) in [7, 11) is 3.01. The molecular formula is C35H26N2O7. The second kappa shape index (κ2) is 10.0. The molecule has 3 atom stereocenters. The number of nitrogens with zero attached hydrogens (tertiary/aromatic N) is 2. The van der Waals surface area contributed by atoms with Crippen LogP contribution in [0.2, 0.25) is 0 Å². The number of para-hydroxylation sites is 1. The van der Waals surface area contributed by atoms with Crippen molar-refractivity contribution in [3.05, 3.63) is 135 Å². The predicted molar refractivity (Wildman–Crippen MR) is 163 cm³/mol. The molecular weight excluding hydrogens is 560 g/mol. The molecule has 2 heterocycles. The number of rotatable bonds is 6. The van der Waals surface area contributed by atoms with E-state index >= 15 is 0 Å². The number of carbonyl (C=O) groups excluding carboxylic acids is 3. The average Bonchev–Trinajstić information content (AvgIpc) is 3.50. The van der Waals surface area contributed by atoms with Gasteiger partial charge in [-0.05, 0) is 42.0 Å². The largest absolute Gasteiger partial charge is 0.497 e. The van der Waals surface area contributed by atoms with Gasteiger partial charge in [-0.25, -0.2) is 0 Å². The SMILES string of the molecule is COc1ccc(OC)c([C@H]2[C@H](C(=O)c3ccc([N+](=O)[O-])cc3)N3c4ccccc4C=C[C@@H]3C23C(=O)c2ccccc2C3=O)c1. The minimum Gasteiger partial charge on any atom is -0.497 e. The first-order valence-electron chi connectivity index (χ1n) is 14.1. The van der Waals surface area contributed by atoms with Crippen LogP contribution in [0.25, 0.3) is 6.08 Å². The van der Waals surface area contributed by atoms with E-state index in [2.05, 4.69) is 0 Å². The van der Waals surface area contributed by atoms with Crippen molar-refractivity contribution >= 4 is 34.8 Å². The number of hydrogen-bond donors (Lipinski definition) is 0. The number of methoxy groups -OCH3 is 2. The fraction of sp³-hybridized carbons (Fsp3) is 0.171. The van der Waals surface area contributed by atoms with Crippen LogP contribution in [0.3, 0.4) is 0 Å². The molecule has 1 fully saturated rings. The fourth-order valence-electron chi connectivity index (χ4n) is 7.26. The van der Waals surface area contributed by atoms with Gasteiger partial charge in [0.1, 0.15) is 23.0 Å². The lowest BCUT2D eigenvalue weighted by molar-refractivity contribution is -0.384. The van der Waals surface area contributed by atoms with Gasteiger partial charge in [0.2, 0.25) is 0 Å². The van der Waals surface area contributed by atoms with Crippen molar-refractivity contribution in [2.24, 2.45) is 5.41 Å². The molecule has 0 bridgehead atoms. The standard InChI is InChI=1S/C35H26N2O7/c1-43-23-16-17-28(44-2)26(19-23)30-31(32(38)21-11-14-22(15-12-21)37(41)42)36-27-10-6-3-7-20(27)13-18-29(36)35(30)33(39)24-8-4-5-9-25(24)34(35)40/h3-19,29-31H,1-2H3/t29-,30+,31-/m1/s1. The van der Waals surface area contributed by atoms with Gasteiger partial charge in [-0.3, -0.25) is 24.5 Å². The first-order chi connectivity index (χ1) is 21.3. The Morgan fingerprint density at radius 2 is 1.52 bits per heavy atom. The first-order valence-corrected chi connectivity index (χ1v) is 14.1. The molecule has 0 saturated carbocycles. The molecule has 7 rings (SSSR count). The monoisotopic (exact) mass is 586 g/mol. The third-order valence-electron chi connectivity index (χ3n) is 9.12. The van der Waals surface area contributed by atoms with E-state index in [-0.39, 0.29) is 22.8 Å². The second-order valence-electron chi connectivity index (χ2n) is 11.0. The lowest BCUT2D eigenvalue weighted by atomic mass is 9.64. The summed E-state index contributed by atoms with van der Waals surface area (Å²) in [6, 6.07) is 22.9. The molecule has 9 heteroatoms. The second-order valence-corrected chi connectivity index (χ2v) is 11.0. The summed E-state index contributed by atoms with van der Waals surface area (Å²) in [6.45, 7) is 0. The van der Waals surface area contributed by atoms with E-state index in [0.29, 0.717) is 33.9 Å². The number of carbonyl (C=O) groups is 3. The van der Waals surface area contributed by atoms with E-state index in [9.17, 15) is 24.5 Å². The number of benzene rings is 4. The first kappa shape index (κ1) is 27.3. The van der Waals surface area contributed by atoms with Gasteiger partial charge in [-0.15, -0.1) is 0 Å². The number of nitro benzene ring substituents is 1. The zero-order valence-corrected chi connectivity index (χ0v) is 23.8. The van der Waals surface area contributed by atoms with Crippen molar-refractivity contribution in [1.82, 2.24) is 0 Å². The van der Waals surface area contributed by atoms with Gasteiger partial charge < -0.3 is 14.4 Å². The Hall–Kier alpha value is -5.57. The van der Waals surface area contributed by atoms with Gasteiger partial charge in [0, 0.05) is 46.0 Å². The van der Waals surface area contributed by atoms with Gasteiger partial charge in [0.05, 0.1) is 25.2 Å².